The van der Waals surface area contributed by atoms with Gasteiger partial charge in [-0.15, -0.1) is 0 Å². The Bertz CT molecular complexity index is 1070. The van der Waals surface area contributed by atoms with Gasteiger partial charge in [-0.1, -0.05) is 66.2 Å². The Morgan fingerprint density at radius 2 is 1.70 bits per heavy atom. The third kappa shape index (κ3) is 3.23. The second-order valence-electron chi connectivity index (χ2n) is 15.5. The molecule has 0 unspecified atom stereocenters. The van der Waals surface area contributed by atoms with Gasteiger partial charge in [0, 0.05) is 11.3 Å². The van der Waals surface area contributed by atoms with Gasteiger partial charge in [0.1, 0.15) is 0 Å². The van der Waals surface area contributed by atoms with E-state index in [-0.39, 0.29) is 63.2 Å². The standard InChI is InChI=1S/C33H50O4/c1-20-17-29(5)24(30(6,19-34)21(20)2)10-11-31(7)25(29)16-23(35)26-22-18-28(3,4)12-14-33(22,27(36)37-9)15-13-32(26,31)8/h16,20,22,24,26,34H,2,10-15,17-19H2,1,3-9H3/t20-,22+,24-,26+,29+,30+,31-,32-,33+/m1/s1. The van der Waals surface area contributed by atoms with Gasteiger partial charge in [-0.3, -0.25) is 9.59 Å². The number of carbonyl (C=O) groups excluding carboxylic acids is 2. The number of methoxy groups -OCH3 is 1. The summed E-state index contributed by atoms with van der Waals surface area (Å²) in [5.74, 6) is 0.552. The Morgan fingerprint density at radius 1 is 1.05 bits per heavy atom. The first-order valence-corrected chi connectivity index (χ1v) is 14.7. The van der Waals surface area contributed by atoms with Crippen molar-refractivity contribution < 1.29 is 19.4 Å². The molecule has 206 valence electrons. The van der Waals surface area contributed by atoms with Crippen LogP contribution in [0.4, 0.5) is 0 Å². The fourth-order valence-corrected chi connectivity index (χ4v) is 11.0. The predicted octanol–water partition coefficient (Wildman–Crippen LogP) is 6.91. The number of allylic oxidation sites excluding steroid dienone is 2. The van der Waals surface area contributed by atoms with E-state index in [1.807, 2.05) is 6.08 Å². The second kappa shape index (κ2) is 8.05. The molecule has 4 fully saturated rings. The first-order valence-electron chi connectivity index (χ1n) is 14.7. The molecule has 1 N–H and O–H groups in total. The summed E-state index contributed by atoms with van der Waals surface area (Å²) in [6.07, 6.45) is 9.46. The number of esters is 1. The number of ketones is 1. The van der Waals surface area contributed by atoms with Crippen molar-refractivity contribution in [1.29, 1.82) is 0 Å². The predicted molar refractivity (Wildman–Crippen MR) is 147 cm³/mol. The van der Waals surface area contributed by atoms with Crippen molar-refractivity contribution in [3.63, 3.8) is 0 Å². The van der Waals surface area contributed by atoms with E-state index in [0.29, 0.717) is 5.92 Å². The molecule has 4 saturated carbocycles. The highest BCUT2D eigenvalue weighted by molar-refractivity contribution is 5.96. The van der Waals surface area contributed by atoms with Crippen molar-refractivity contribution in [3.05, 3.63) is 23.8 Å². The summed E-state index contributed by atoms with van der Waals surface area (Å²) in [4.78, 5) is 27.9. The van der Waals surface area contributed by atoms with Crippen molar-refractivity contribution in [2.75, 3.05) is 13.7 Å². The summed E-state index contributed by atoms with van der Waals surface area (Å²) in [7, 11) is 1.52. The Labute approximate surface area is 224 Å². The highest BCUT2D eigenvalue weighted by atomic mass is 16.5. The molecule has 9 atom stereocenters. The molecule has 4 heteroatoms. The minimum atomic E-state index is -0.542. The number of carbonyl (C=O) groups is 2. The minimum absolute atomic E-state index is 0.0165. The molecule has 0 heterocycles. The van der Waals surface area contributed by atoms with E-state index in [2.05, 4.69) is 55.0 Å². The van der Waals surface area contributed by atoms with E-state index in [1.54, 1.807) is 0 Å². The molecule has 0 spiro atoms. The molecule has 0 aromatic heterocycles. The number of ether oxygens (including phenoxy) is 1. The number of aliphatic hydroxyl groups is 1. The molecule has 5 aliphatic carbocycles. The van der Waals surface area contributed by atoms with Crippen LogP contribution in [0.5, 0.6) is 0 Å². The lowest BCUT2D eigenvalue weighted by molar-refractivity contribution is -0.193. The Morgan fingerprint density at radius 3 is 2.32 bits per heavy atom. The van der Waals surface area contributed by atoms with Crippen LogP contribution in [0.2, 0.25) is 0 Å². The number of hydrogen-bond donors (Lipinski definition) is 1. The van der Waals surface area contributed by atoms with Gasteiger partial charge in [-0.2, -0.15) is 0 Å². The van der Waals surface area contributed by atoms with E-state index >= 15 is 0 Å². The molecule has 0 amide bonds. The zero-order valence-electron chi connectivity index (χ0n) is 24.6. The van der Waals surface area contributed by atoms with Gasteiger partial charge in [0.25, 0.3) is 0 Å². The summed E-state index contributed by atoms with van der Waals surface area (Å²) < 4.78 is 5.44. The van der Waals surface area contributed by atoms with Gasteiger partial charge >= 0.3 is 5.97 Å². The number of aliphatic hydroxyl groups excluding tert-OH is 1. The average molecular weight is 511 g/mol. The summed E-state index contributed by atoms with van der Waals surface area (Å²) in [6.45, 7) is 20.8. The quantitative estimate of drug-likeness (QED) is 0.324. The lowest BCUT2D eigenvalue weighted by Crippen LogP contribution is -2.66. The van der Waals surface area contributed by atoms with E-state index in [9.17, 15) is 14.7 Å². The van der Waals surface area contributed by atoms with Crippen molar-refractivity contribution in [2.45, 2.75) is 99.8 Å². The third-order valence-electron chi connectivity index (χ3n) is 13.4. The highest BCUT2D eigenvalue weighted by Crippen LogP contribution is 2.75. The maximum absolute atomic E-state index is 14.4. The molecule has 37 heavy (non-hydrogen) atoms. The number of fused-ring (bicyclic) bond motifs is 7. The summed E-state index contributed by atoms with van der Waals surface area (Å²) in [6, 6.07) is 0. The maximum atomic E-state index is 14.4. The van der Waals surface area contributed by atoms with Gasteiger partial charge in [-0.25, -0.2) is 0 Å². The fraction of sp³-hybridized carbons (Fsp3) is 0.818. The van der Waals surface area contributed by atoms with Crippen LogP contribution in [0.15, 0.2) is 23.8 Å². The Kier molecular flexibility index (Phi) is 5.91. The van der Waals surface area contributed by atoms with Gasteiger partial charge in [-0.05, 0) is 96.9 Å². The molecule has 0 saturated heterocycles. The first-order chi connectivity index (χ1) is 17.1. The monoisotopic (exact) mass is 510 g/mol. The highest BCUT2D eigenvalue weighted by Gasteiger charge is 2.71. The van der Waals surface area contributed by atoms with Crippen LogP contribution in [0.25, 0.3) is 0 Å². The van der Waals surface area contributed by atoms with Crippen LogP contribution < -0.4 is 0 Å². The van der Waals surface area contributed by atoms with Crippen molar-refractivity contribution in [1.82, 2.24) is 0 Å². The van der Waals surface area contributed by atoms with E-state index in [4.69, 9.17) is 4.74 Å². The van der Waals surface area contributed by atoms with E-state index in [1.165, 1.54) is 12.7 Å². The van der Waals surface area contributed by atoms with Crippen LogP contribution in [-0.4, -0.2) is 30.6 Å². The fourth-order valence-electron chi connectivity index (χ4n) is 11.0. The van der Waals surface area contributed by atoms with Gasteiger partial charge < -0.3 is 9.84 Å². The van der Waals surface area contributed by atoms with Gasteiger partial charge in [0.2, 0.25) is 0 Å². The SMILES string of the molecule is C=C1[C@H](C)C[C@]2(C)C3=CC(=O)[C@@H]4[C@@H]5CC(C)(C)CC[C@]5(C(=O)OC)CC[C@@]4(C)[C@]3(C)CC[C@H]2[C@@]1(C)CO. The number of hydrogen-bond acceptors (Lipinski definition) is 4. The molecule has 0 radical (unpaired) electrons. The summed E-state index contributed by atoms with van der Waals surface area (Å²) in [5.41, 5.74) is 1.24. The molecule has 5 aliphatic rings. The van der Waals surface area contributed by atoms with Crippen LogP contribution in [0.3, 0.4) is 0 Å². The Hall–Kier alpha value is -1.42. The molecule has 4 nitrogen and oxygen atoms in total. The number of rotatable bonds is 2. The topological polar surface area (TPSA) is 63.6 Å². The molecule has 0 aromatic rings. The second-order valence-corrected chi connectivity index (χ2v) is 15.5. The third-order valence-corrected chi connectivity index (χ3v) is 13.4. The van der Waals surface area contributed by atoms with Crippen molar-refractivity contribution in [2.24, 2.45) is 56.2 Å². The van der Waals surface area contributed by atoms with Crippen LogP contribution >= 0.6 is 0 Å². The molecular weight excluding hydrogens is 460 g/mol. The molecule has 5 rings (SSSR count). The lowest BCUT2D eigenvalue weighted by Gasteiger charge is -2.70. The zero-order valence-corrected chi connectivity index (χ0v) is 24.6. The Balaban J connectivity index is 1.67. The average Bonchev–Trinajstić information content (AvgIpc) is 2.83. The van der Waals surface area contributed by atoms with Crippen LogP contribution in [0, 0.1) is 56.2 Å². The zero-order chi connectivity index (χ0) is 27.4. The van der Waals surface area contributed by atoms with E-state index in [0.717, 1.165) is 56.9 Å². The lowest BCUT2D eigenvalue weighted by atomic mass is 9.33. The maximum Gasteiger partial charge on any atom is 0.312 e. The summed E-state index contributed by atoms with van der Waals surface area (Å²) >= 11 is 0. The van der Waals surface area contributed by atoms with Gasteiger partial charge in [0.05, 0.1) is 19.1 Å². The molecular formula is C33H50O4. The van der Waals surface area contributed by atoms with Crippen LogP contribution in [0.1, 0.15) is 99.8 Å². The van der Waals surface area contributed by atoms with Crippen molar-refractivity contribution >= 4 is 11.8 Å². The molecule has 0 aromatic carbocycles. The van der Waals surface area contributed by atoms with Crippen molar-refractivity contribution in [3.8, 4) is 0 Å². The summed E-state index contributed by atoms with van der Waals surface area (Å²) in [5, 5.41) is 10.6. The van der Waals surface area contributed by atoms with Crippen LogP contribution in [-0.2, 0) is 14.3 Å². The smallest absolute Gasteiger partial charge is 0.312 e. The normalized spacial score (nSPS) is 50.7. The van der Waals surface area contributed by atoms with E-state index < -0.39 is 5.41 Å². The molecule has 0 bridgehead atoms. The first kappa shape index (κ1) is 27.2. The van der Waals surface area contributed by atoms with Gasteiger partial charge in [0.15, 0.2) is 5.78 Å². The largest absolute Gasteiger partial charge is 0.469 e. The minimum Gasteiger partial charge on any atom is -0.469 e. The molecule has 0 aliphatic heterocycles.